The van der Waals surface area contributed by atoms with Gasteiger partial charge in [0, 0.05) is 51.4 Å². The molecule has 0 N–H and O–H groups in total. The summed E-state index contributed by atoms with van der Waals surface area (Å²) in [6.07, 6.45) is -2.67. The predicted molar refractivity (Wildman–Crippen MR) is 156 cm³/mol. The Morgan fingerprint density at radius 1 is 0.884 bits per heavy atom. The lowest BCUT2D eigenvalue weighted by Crippen LogP contribution is -2.65. The lowest BCUT2D eigenvalue weighted by atomic mass is 9.49. The molecule has 2 saturated carbocycles. The first kappa shape index (κ1) is 34.3. The number of hydrogen-bond acceptors (Lipinski definition) is 10. The second-order valence-electron chi connectivity index (χ2n) is 13.3. The SMILES string of the molecule is C=C1C(OC(C)=O)CC[C@@]2(C)C(OC(C)=O)C(OC(C)=O)C3=C(C)CC(OC(=O)C(C)CC)[C@@H](C(OC(C)=O)[C@H]12)C3(C)C. The molecule has 3 aliphatic carbocycles. The van der Waals surface area contributed by atoms with E-state index in [0.717, 1.165) is 11.1 Å². The van der Waals surface area contributed by atoms with Crippen molar-refractivity contribution in [2.45, 2.75) is 125 Å². The molecule has 0 amide bonds. The van der Waals surface area contributed by atoms with Crippen LogP contribution in [0.15, 0.2) is 23.3 Å². The van der Waals surface area contributed by atoms with Crippen molar-refractivity contribution >= 4 is 29.8 Å². The average molecular weight is 605 g/mol. The van der Waals surface area contributed by atoms with Crippen LogP contribution in [0.2, 0.25) is 0 Å². The molecule has 10 nitrogen and oxygen atoms in total. The van der Waals surface area contributed by atoms with E-state index in [-0.39, 0.29) is 18.3 Å². The fraction of sp³-hybridized carbons (Fsp3) is 0.727. The highest BCUT2D eigenvalue weighted by Crippen LogP contribution is 2.61. The van der Waals surface area contributed by atoms with Gasteiger partial charge in [-0.2, -0.15) is 0 Å². The fourth-order valence-electron chi connectivity index (χ4n) is 7.87. The Balaban J connectivity index is 2.42. The van der Waals surface area contributed by atoms with Crippen molar-refractivity contribution in [3.63, 3.8) is 0 Å². The van der Waals surface area contributed by atoms with Gasteiger partial charge in [-0.05, 0) is 42.7 Å². The van der Waals surface area contributed by atoms with Gasteiger partial charge in [0.05, 0.1) is 5.92 Å². The zero-order valence-electron chi connectivity index (χ0n) is 27.2. The Labute approximate surface area is 254 Å². The van der Waals surface area contributed by atoms with Crippen LogP contribution in [-0.4, -0.2) is 60.4 Å². The molecule has 0 aromatic carbocycles. The number of fused-ring (bicyclic) bond motifs is 3. The number of ether oxygens (including phenoxy) is 5. The minimum absolute atomic E-state index is 0.289. The van der Waals surface area contributed by atoms with E-state index >= 15 is 0 Å². The number of carbonyl (C=O) groups excluding carboxylic acids is 5. The van der Waals surface area contributed by atoms with E-state index in [1.165, 1.54) is 27.7 Å². The van der Waals surface area contributed by atoms with E-state index in [1.54, 1.807) is 6.92 Å². The zero-order valence-corrected chi connectivity index (χ0v) is 27.2. The van der Waals surface area contributed by atoms with Crippen molar-refractivity contribution in [3.05, 3.63) is 23.3 Å². The second-order valence-corrected chi connectivity index (χ2v) is 13.3. The van der Waals surface area contributed by atoms with Gasteiger partial charge in [0.2, 0.25) is 0 Å². The van der Waals surface area contributed by atoms with Crippen LogP contribution in [0, 0.1) is 28.6 Å². The number of carbonyl (C=O) groups is 5. The molecule has 10 heteroatoms. The smallest absolute Gasteiger partial charge is 0.308 e. The third kappa shape index (κ3) is 6.68. The Morgan fingerprint density at radius 2 is 1.44 bits per heavy atom. The minimum Gasteiger partial charge on any atom is -0.461 e. The summed E-state index contributed by atoms with van der Waals surface area (Å²) in [6.45, 7) is 21.0. The monoisotopic (exact) mass is 604 g/mol. The maximum absolute atomic E-state index is 13.2. The van der Waals surface area contributed by atoms with Crippen LogP contribution in [-0.2, 0) is 47.7 Å². The molecule has 43 heavy (non-hydrogen) atoms. The third-order valence-electron chi connectivity index (χ3n) is 9.73. The number of esters is 5. The molecule has 3 rings (SSSR count). The lowest BCUT2D eigenvalue weighted by Gasteiger charge is -2.60. The molecule has 9 atom stereocenters. The first-order chi connectivity index (χ1) is 19.9. The van der Waals surface area contributed by atoms with E-state index in [9.17, 15) is 24.0 Å². The summed E-state index contributed by atoms with van der Waals surface area (Å²) in [6, 6.07) is 0. The van der Waals surface area contributed by atoms with Crippen molar-refractivity contribution in [1.82, 2.24) is 0 Å². The molecule has 6 unspecified atom stereocenters. The van der Waals surface area contributed by atoms with Crippen LogP contribution in [0.5, 0.6) is 0 Å². The maximum Gasteiger partial charge on any atom is 0.308 e. The van der Waals surface area contributed by atoms with Crippen LogP contribution in [0.1, 0.15) is 94.9 Å². The van der Waals surface area contributed by atoms with E-state index in [4.69, 9.17) is 23.7 Å². The Morgan fingerprint density at radius 3 is 1.95 bits per heavy atom. The molecule has 0 aromatic rings. The first-order valence-corrected chi connectivity index (χ1v) is 15.1. The second kappa shape index (κ2) is 12.8. The quantitative estimate of drug-likeness (QED) is 0.222. The molecule has 2 bridgehead atoms. The van der Waals surface area contributed by atoms with E-state index < -0.39 is 77.1 Å². The molecule has 2 fully saturated rings. The maximum atomic E-state index is 13.2. The normalized spacial score (nSPS) is 34.0. The number of hydrogen-bond donors (Lipinski definition) is 0. The van der Waals surface area contributed by atoms with Crippen molar-refractivity contribution in [1.29, 1.82) is 0 Å². The summed E-state index contributed by atoms with van der Waals surface area (Å²) in [4.78, 5) is 63.5. The van der Waals surface area contributed by atoms with Crippen LogP contribution in [0.25, 0.3) is 0 Å². The van der Waals surface area contributed by atoms with Crippen LogP contribution >= 0.6 is 0 Å². The molecule has 0 spiro atoms. The van der Waals surface area contributed by atoms with Crippen LogP contribution in [0.4, 0.5) is 0 Å². The Bertz CT molecular complexity index is 1200. The molecule has 0 aromatic heterocycles. The van der Waals surface area contributed by atoms with Gasteiger partial charge in [-0.15, -0.1) is 0 Å². The van der Waals surface area contributed by atoms with E-state index in [0.29, 0.717) is 24.8 Å². The molecule has 0 heterocycles. The Hall–Kier alpha value is -3.17. The summed E-state index contributed by atoms with van der Waals surface area (Å²) in [5.74, 6) is -4.21. The van der Waals surface area contributed by atoms with Crippen LogP contribution in [0.3, 0.4) is 0 Å². The largest absolute Gasteiger partial charge is 0.461 e. The Kier molecular flexibility index (Phi) is 10.2. The summed E-state index contributed by atoms with van der Waals surface area (Å²) >= 11 is 0. The molecular formula is C33H48O10. The molecule has 3 aliphatic rings. The fourth-order valence-corrected chi connectivity index (χ4v) is 7.87. The van der Waals surface area contributed by atoms with E-state index in [1.807, 2.05) is 34.6 Å². The van der Waals surface area contributed by atoms with Crippen molar-refractivity contribution in [3.8, 4) is 0 Å². The standard InChI is InChI=1S/C33H48O10/c1-12-16(2)31(38)43-24-15-17(3)25-29(41-21(7)36)30(42-22(8)37)33(11)14-13-23(39-19(5)34)18(4)26(33)28(40-20(6)35)27(24)32(25,9)10/h16,23-24,26-30H,4,12-15H2,1-3,5-11H3/t16?,23?,24?,26-,27-,28?,29?,30?,33+/m0/s1. The van der Waals surface area contributed by atoms with Gasteiger partial charge in [0.15, 0.2) is 6.10 Å². The highest BCUT2D eigenvalue weighted by atomic mass is 16.6. The summed E-state index contributed by atoms with van der Waals surface area (Å²) in [5.41, 5.74) is 0.174. The van der Waals surface area contributed by atoms with Crippen molar-refractivity contribution in [2.24, 2.45) is 28.6 Å². The number of rotatable bonds is 7. The van der Waals surface area contributed by atoms with Gasteiger partial charge >= 0.3 is 29.8 Å². The molecule has 0 saturated heterocycles. The van der Waals surface area contributed by atoms with Gasteiger partial charge < -0.3 is 23.7 Å². The van der Waals surface area contributed by atoms with Gasteiger partial charge in [-0.25, -0.2) is 0 Å². The molecular weight excluding hydrogens is 556 g/mol. The van der Waals surface area contributed by atoms with Gasteiger partial charge in [0.25, 0.3) is 0 Å². The predicted octanol–water partition coefficient (Wildman–Crippen LogP) is 5.02. The zero-order chi connectivity index (χ0) is 32.6. The highest BCUT2D eigenvalue weighted by Gasteiger charge is 2.65. The summed E-state index contributed by atoms with van der Waals surface area (Å²) in [5, 5.41) is 0. The summed E-state index contributed by atoms with van der Waals surface area (Å²) in [7, 11) is 0. The third-order valence-corrected chi connectivity index (χ3v) is 9.73. The molecule has 0 aliphatic heterocycles. The summed E-state index contributed by atoms with van der Waals surface area (Å²) < 4.78 is 30.2. The van der Waals surface area contributed by atoms with E-state index in [2.05, 4.69) is 6.58 Å². The van der Waals surface area contributed by atoms with Gasteiger partial charge in [0.1, 0.15) is 24.4 Å². The lowest BCUT2D eigenvalue weighted by molar-refractivity contribution is -0.212. The van der Waals surface area contributed by atoms with Gasteiger partial charge in [-0.1, -0.05) is 46.8 Å². The van der Waals surface area contributed by atoms with Crippen LogP contribution < -0.4 is 0 Å². The highest BCUT2D eigenvalue weighted by molar-refractivity contribution is 5.72. The first-order valence-electron chi connectivity index (χ1n) is 15.1. The average Bonchev–Trinajstić information content (AvgIpc) is 2.85. The van der Waals surface area contributed by atoms with Gasteiger partial charge in [-0.3, -0.25) is 24.0 Å². The molecule has 240 valence electrons. The minimum atomic E-state index is -0.997. The van der Waals surface area contributed by atoms with Crippen molar-refractivity contribution < 1.29 is 47.7 Å². The van der Waals surface area contributed by atoms with Crippen molar-refractivity contribution in [2.75, 3.05) is 0 Å². The topological polar surface area (TPSA) is 132 Å². The molecule has 0 radical (unpaired) electrons.